The lowest BCUT2D eigenvalue weighted by atomic mass is 9.74. The predicted molar refractivity (Wildman–Crippen MR) is 94.6 cm³/mol. The average Bonchev–Trinajstić information content (AvgIpc) is 3.03. The third-order valence-corrected chi connectivity index (χ3v) is 5.78. The number of aromatic nitrogens is 2. The molecule has 2 N–H and O–H groups in total. The summed E-state index contributed by atoms with van der Waals surface area (Å²) in [5, 5.41) is 14.7. The smallest absolute Gasteiger partial charge is 0.308 e. The van der Waals surface area contributed by atoms with Crippen molar-refractivity contribution in [2.24, 2.45) is 5.92 Å². The monoisotopic (exact) mass is 363 g/mol. The van der Waals surface area contributed by atoms with Crippen LogP contribution in [0.3, 0.4) is 0 Å². The number of fused-ring (bicyclic) bond motifs is 1. The Balaban J connectivity index is 1.66. The summed E-state index contributed by atoms with van der Waals surface area (Å²) in [6.45, 7) is 2.02. The van der Waals surface area contributed by atoms with Gasteiger partial charge < -0.3 is 10.4 Å². The number of carboxylic acids is 1. The van der Waals surface area contributed by atoms with Crippen LogP contribution in [-0.2, 0) is 16.1 Å². The van der Waals surface area contributed by atoms with Crippen LogP contribution >= 0.6 is 11.3 Å². The molecule has 3 rings (SSSR count). The van der Waals surface area contributed by atoms with Gasteiger partial charge in [-0.3, -0.25) is 19.0 Å². The Labute approximate surface area is 148 Å². The molecule has 1 saturated carbocycles. The summed E-state index contributed by atoms with van der Waals surface area (Å²) in [7, 11) is 0. The molecule has 8 heteroatoms. The van der Waals surface area contributed by atoms with Crippen molar-refractivity contribution in [3.63, 3.8) is 0 Å². The number of carbonyl (C=O) groups is 2. The van der Waals surface area contributed by atoms with Crippen molar-refractivity contribution in [2.75, 3.05) is 0 Å². The van der Waals surface area contributed by atoms with Gasteiger partial charge in [0.05, 0.1) is 23.2 Å². The second kappa shape index (κ2) is 6.95. The summed E-state index contributed by atoms with van der Waals surface area (Å²) < 4.78 is 1.42. The predicted octanol–water partition coefficient (Wildman–Crippen LogP) is 2.00. The molecule has 1 aliphatic rings. The molecule has 2 aromatic heterocycles. The van der Waals surface area contributed by atoms with Crippen LogP contribution in [-0.4, -0.2) is 32.1 Å². The number of hydrogen-bond acceptors (Lipinski definition) is 5. The van der Waals surface area contributed by atoms with Gasteiger partial charge in [-0.15, -0.1) is 11.3 Å². The van der Waals surface area contributed by atoms with Crippen molar-refractivity contribution >= 4 is 33.4 Å². The van der Waals surface area contributed by atoms with Crippen LogP contribution in [0.15, 0.2) is 22.6 Å². The molecule has 2 unspecified atom stereocenters. The first kappa shape index (κ1) is 17.6. The second-order valence-corrected chi connectivity index (χ2v) is 7.63. The quantitative estimate of drug-likeness (QED) is 0.846. The first-order valence-electron chi connectivity index (χ1n) is 8.37. The van der Waals surface area contributed by atoms with Gasteiger partial charge in [0.25, 0.3) is 5.56 Å². The molecule has 0 bridgehead atoms. The minimum atomic E-state index is -0.870. The molecule has 1 fully saturated rings. The lowest BCUT2D eigenvalue weighted by Crippen LogP contribution is -2.55. The summed E-state index contributed by atoms with van der Waals surface area (Å²) in [5.74, 6) is -1.68. The highest BCUT2D eigenvalue weighted by Crippen LogP contribution is 2.33. The highest BCUT2D eigenvalue weighted by Gasteiger charge is 2.42. The lowest BCUT2D eigenvalue weighted by Gasteiger charge is -2.39. The molecular formula is C17H21N3O4S. The number of nitrogens with one attached hydrogen (secondary N) is 1. The first-order valence-corrected chi connectivity index (χ1v) is 9.25. The van der Waals surface area contributed by atoms with Crippen molar-refractivity contribution in [1.29, 1.82) is 0 Å². The van der Waals surface area contributed by atoms with E-state index >= 15 is 0 Å². The maximum Gasteiger partial charge on any atom is 0.308 e. The highest BCUT2D eigenvalue weighted by atomic mass is 32.1. The fourth-order valence-corrected chi connectivity index (χ4v) is 4.26. The number of amides is 1. The summed E-state index contributed by atoms with van der Waals surface area (Å²) >= 11 is 1.40. The summed E-state index contributed by atoms with van der Waals surface area (Å²) in [4.78, 5) is 41.0. The van der Waals surface area contributed by atoms with E-state index in [0.29, 0.717) is 23.1 Å². The zero-order valence-corrected chi connectivity index (χ0v) is 14.8. The number of hydrogen-bond donors (Lipinski definition) is 2. The van der Waals surface area contributed by atoms with E-state index in [1.165, 1.54) is 22.2 Å². The Morgan fingerprint density at radius 1 is 1.48 bits per heavy atom. The van der Waals surface area contributed by atoms with Crippen LogP contribution in [0, 0.1) is 5.92 Å². The van der Waals surface area contributed by atoms with E-state index in [2.05, 4.69) is 10.3 Å². The zero-order chi connectivity index (χ0) is 18.0. The fourth-order valence-electron chi connectivity index (χ4n) is 3.53. The maximum absolute atomic E-state index is 12.3. The number of thiophene rings is 1. The number of aryl methyl sites for hydroxylation is 1. The summed E-state index contributed by atoms with van der Waals surface area (Å²) in [6.07, 6.45) is 4.56. The number of nitrogens with zero attached hydrogens (tertiary/aromatic N) is 2. The van der Waals surface area contributed by atoms with E-state index in [0.717, 1.165) is 12.8 Å². The van der Waals surface area contributed by atoms with E-state index < -0.39 is 17.4 Å². The minimum Gasteiger partial charge on any atom is -0.481 e. The van der Waals surface area contributed by atoms with Gasteiger partial charge in [0, 0.05) is 13.0 Å². The third kappa shape index (κ3) is 3.58. The molecule has 0 aromatic carbocycles. The van der Waals surface area contributed by atoms with Crippen LogP contribution in [0.1, 0.15) is 39.0 Å². The SMILES string of the molecule is CC1(NC(=O)CCn2cnc3sccc3c2=O)CCCCC1C(=O)O. The normalized spacial score (nSPS) is 23.5. The molecule has 0 saturated heterocycles. The van der Waals surface area contributed by atoms with Crippen molar-refractivity contribution < 1.29 is 14.7 Å². The third-order valence-electron chi connectivity index (χ3n) is 4.96. The molecule has 2 atom stereocenters. The molecule has 134 valence electrons. The molecule has 0 radical (unpaired) electrons. The summed E-state index contributed by atoms with van der Waals surface area (Å²) in [6, 6.07) is 1.73. The molecular weight excluding hydrogens is 342 g/mol. The van der Waals surface area contributed by atoms with Crippen LogP contribution in [0.25, 0.3) is 10.2 Å². The molecule has 0 aliphatic heterocycles. The standard InChI is InChI=1S/C17H21N3O4S/c1-17(7-3-2-4-12(17)16(23)24)19-13(21)5-8-20-10-18-14-11(15(20)22)6-9-25-14/h6,9-10,12H,2-5,7-8H2,1H3,(H,19,21)(H,23,24). The van der Waals surface area contributed by atoms with E-state index in [9.17, 15) is 19.5 Å². The van der Waals surface area contributed by atoms with Gasteiger partial charge in [0.1, 0.15) is 4.83 Å². The Morgan fingerprint density at radius 2 is 2.28 bits per heavy atom. The molecule has 1 aliphatic carbocycles. The molecule has 2 aromatic rings. The Hall–Kier alpha value is -2.22. The largest absolute Gasteiger partial charge is 0.481 e. The van der Waals surface area contributed by atoms with Crippen LogP contribution in [0.4, 0.5) is 0 Å². The van der Waals surface area contributed by atoms with Gasteiger partial charge in [0.2, 0.25) is 5.91 Å². The van der Waals surface area contributed by atoms with Gasteiger partial charge in [-0.25, -0.2) is 4.98 Å². The van der Waals surface area contributed by atoms with Crippen LogP contribution < -0.4 is 10.9 Å². The van der Waals surface area contributed by atoms with E-state index in [4.69, 9.17) is 0 Å². The highest BCUT2D eigenvalue weighted by molar-refractivity contribution is 7.16. The van der Waals surface area contributed by atoms with E-state index in [-0.39, 0.29) is 24.4 Å². The van der Waals surface area contributed by atoms with Crippen LogP contribution in [0.5, 0.6) is 0 Å². The van der Waals surface area contributed by atoms with Gasteiger partial charge in [-0.2, -0.15) is 0 Å². The molecule has 7 nitrogen and oxygen atoms in total. The first-order chi connectivity index (χ1) is 11.9. The molecule has 25 heavy (non-hydrogen) atoms. The molecule has 1 amide bonds. The van der Waals surface area contributed by atoms with Gasteiger partial charge in [-0.1, -0.05) is 12.8 Å². The minimum absolute atomic E-state index is 0.110. The Morgan fingerprint density at radius 3 is 3.04 bits per heavy atom. The maximum atomic E-state index is 12.3. The number of rotatable bonds is 5. The van der Waals surface area contributed by atoms with Crippen molar-refractivity contribution in [1.82, 2.24) is 14.9 Å². The number of aliphatic carboxylic acids is 1. The van der Waals surface area contributed by atoms with Gasteiger partial charge >= 0.3 is 5.97 Å². The van der Waals surface area contributed by atoms with Crippen molar-refractivity contribution in [2.45, 2.75) is 51.1 Å². The average molecular weight is 363 g/mol. The van der Waals surface area contributed by atoms with Crippen LogP contribution in [0.2, 0.25) is 0 Å². The molecule has 0 spiro atoms. The number of carbonyl (C=O) groups excluding carboxylic acids is 1. The second-order valence-electron chi connectivity index (χ2n) is 6.73. The Kier molecular flexibility index (Phi) is 4.89. The van der Waals surface area contributed by atoms with Gasteiger partial charge in [0.15, 0.2) is 0 Å². The van der Waals surface area contributed by atoms with E-state index in [1.807, 2.05) is 5.38 Å². The lowest BCUT2D eigenvalue weighted by molar-refractivity contribution is -0.146. The topological polar surface area (TPSA) is 101 Å². The zero-order valence-electron chi connectivity index (χ0n) is 14.0. The Bertz CT molecular complexity index is 859. The fraction of sp³-hybridized carbons (Fsp3) is 0.529. The van der Waals surface area contributed by atoms with E-state index in [1.54, 1.807) is 13.0 Å². The van der Waals surface area contributed by atoms with Crippen molar-refractivity contribution in [3.8, 4) is 0 Å². The molecule has 2 heterocycles. The number of carboxylic acid groups (broad SMARTS) is 1. The van der Waals surface area contributed by atoms with Gasteiger partial charge in [-0.05, 0) is 31.2 Å². The summed E-state index contributed by atoms with van der Waals surface area (Å²) in [5.41, 5.74) is -0.895. The van der Waals surface area contributed by atoms with Crippen molar-refractivity contribution in [3.05, 3.63) is 28.1 Å².